The number of methoxy groups -OCH3 is 1. The van der Waals surface area contributed by atoms with Crippen molar-refractivity contribution in [1.82, 2.24) is 5.32 Å². The SMILES string of the molecule is CCOc1cccc(C(=O)NC(=S)Nc2sc(C(=O)OC)c(C)c2C#N)c1. The van der Waals surface area contributed by atoms with Gasteiger partial charge in [0.2, 0.25) is 0 Å². The fourth-order valence-electron chi connectivity index (χ4n) is 2.23. The van der Waals surface area contributed by atoms with Gasteiger partial charge >= 0.3 is 5.97 Å². The second-order valence-electron chi connectivity index (χ2n) is 5.23. The van der Waals surface area contributed by atoms with Crippen molar-refractivity contribution in [2.45, 2.75) is 13.8 Å². The molecule has 0 saturated carbocycles. The minimum atomic E-state index is -0.537. The predicted molar refractivity (Wildman–Crippen MR) is 106 cm³/mol. The summed E-state index contributed by atoms with van der Waals surface area (Å²) in [7, 11) is 1.27. The smallest absolute Gasteiger partial charge is 0.348 e. The summed E-state index contributed by atoms with van der Waals surface area (Å²) >= 11 is 6.19. The van der Waals surface area contributed by atoms with E-state index in [1.54, 1.807) is 31.2 Å². The Morgan fingerprint density at radius 1 is 1.37 bits per heavy atom. The Kier molecular flexibility index (Phi) is 6.87. The number of nitriles is 1. The Bertz CT molecular complexity index is 931. The van der Waals surface area contributed by atoms with Gasteiger partial charge in [-0.3, -0.25) is 10.1 Å². The van der Waals surface area contributed by atoms with Crippen LogP contribution >= 0.6 is 23.6 Å². The normalized spacial score (nSPS) is 9.85. The summed E-state index contributed by atoms with van der Waals surface area (Å²) in [4.78, 5) is 24.4. The number of anilines is 1. The molecule has 0 bridgehead atoms. The van der Waals surface area contributed by atoms with Gasteiger partial charge in [-0.2, -0.15) is 5.26 Å². The number of thiocarbonyl (C=S) groups is 1. The molecule has 0 aliphatic rings. The van der Waals surface area contributed by atoms with Gasteiger partial charge in [0.15, 0.2) is 5.11 Å². The first-order chi connectivity index (χ1) is 12.9. The van der Waals surface area contributed by atoms with Gasteiger partial charge < -0.3 is 14.8 Å². The van der Waals surface area contributed by atoms with Crippen LogP contribution in [0.1, 0.15) is 38.1 Å². The molecule has 140 valence electrons. The number of esters is 1. The first-order valence-electron chi connectivity index (χ1n) is 7.88. The Balaban J connectivity index is 2.14. The molecule has 0 aliphatic carbocycles. The third kappa shape index (κ3) is 4.81. The molecule has 0 unspecified atom stereocenters. The van der Waals surface area contributed by atoms with Gasteiger partial charge in [-0.25, -0.2) is 4.79 Å². The number of nitrogens with zero attached hydrogens (tertiary/aromatic N) is 1. The van der Waals surface area contributed by atoms with E-state index in [0.29, 0.717) is 33.4 Å². The zero-order valence-corrected chi connectivity index (χ0v) is 16.5. The predicted octanol–water partition coefficient (Wildman–Crippen LogP) is 3.24. The zero-order chi connectivity index (χ0) is 20.0. The van der Waals surface area contributed by atoms with Gasteiger partial charge in [-0.15, -0.1) is 11.3 Å². The molecule has 27 heavy (non-hydrogen) atoms. The van der Waals surface area contributed by atoms with Gasteiger partial charge in [0.25, 0.3) is 5.91 Å². The summed E-state index contributed by atoms with van der Waals surface area (Å²) in [6.07, 6.45) is 0. The second kappa shape index (κ2) is 9.12. The van der Waals surface area contributed by atoms with E-state index < -0.39 is 11.9 Å². The first-order valence-corrected chi connectivity index (χ1v) is 9.10. The lowest BCUT2D eigenvalue weighted by Crippen LogP contribution is -2.34. The van der Waals surface area contributed by atoms with Crippen LogP contribution in [0.4, 0.5) is 5.00 Å². The van der Waals surface area contributed by atoms with Gasteiger partial charge in [-0.05, 0) is 49.8 Å². The topological polar surface area (TPSA) is 100 Å². The number of hydrogen-bond donors (Lipinski definition) is 2. The summed E-state index contributed by atoms with van der Waals surface area (Å²) in [5.41, 5.74) is 1.15. The quantitative estimate of drug-likeness (QED) is 0.584. The number of ether oxygens (including phenoxy) is 2. The highest BCUT2D eigenvalue weighted by Gasteiger charge is 2.21. The summed E-state index contributed by atoms with van der Waals surface area (Å²) in [6.45, 7) is 3.99. The molecule has 7 nitrogen and oxygen atoms in total. The van der Waals surface area contributed by atoms with Crippen molar-refractivity contribution in [3.63, 3.8) is 0 Å². The van der Waals surface area contributed by atoms with Crippen molar-refractivity contribution in [2.75, 3.05) is 19.0 Å². The lowest BCUT2D eigenvalue weighted by Gasteiger charge is -2.09. The van der Waals surface area contributed by atoms with Crippen molar-refractivity contribution >= 4 is 45.5 Å². The third-order valence-electron chi connectivity index (χ3n) is 3.49. The molecule has 0 aliphatic heterocycles. The molecule has 0 spiro atoms. The first kappa shape index (κ1) is 20.4. The molecule has 0 atom stereocenters. The van der Waals surface area contributed by atoms with Crippen LogP contribution in [0.5, 0.6) is 5.75 Å². The molecular weight excluding hydrogens is 386 g/mol. The number of hydrogen-bond acceptors (Lipinski definition) is 7. The van der Waals surface area contributed by atoms with Gasteiger partial charge in [-0.1, -0.05) is 6.07 Å². The number of thiophene rings is 1. The van der Waals surface area contributed by atoms with E-state index in [0.717, 1.165) is 11.3 Å². The van der Waals surface area contributed by atoms with Crippen LogP contribution in [-0.4, -0.2) is 30.7 Å². The number of carbonyl (C=O) groups excluding carboxylic acids is 2. The fourth-order valence-corrected chi connectivity index (χ4v) is 3.57. The fraction of sp³-hybridized carbons (Fsp3) is 0.222. The molecule has 2 N–H and O–H groups in total. The maximum absolute atomic E-state index is 12.4. The van der Waals surface area contributed by atoms with Crippen LogP contribution in [-0.2, 0) is 4.74 Å². The van der Waals surface area contributed by atoms with E-state index in [4.69, 9.17) is 21.7 Å². The molecule has 9 heteroatoms. The standard InChI is InChI=1S/C18H17N3O4S2/c1-4-25-12-7-5-6-11(8-12)15(22)20-18(26)21-16-13(9-19)10(2)14(27-16)17(23)24-3/h5-8H,4H2,1-3H3,(H2,20,21,22,26). The number of carbonyl (C=O) groups is 2. The number of benzene rings is 1. The van der Waals surface area contributed by atoms with E-state index in [1.807, 2.05) is 13.0 Å². The second-order valence-corrected chi connectivity index (χ2v) is 6.66. The Labute approximate surface area is 165 Å². The lowest BCUT2D eigenvalue weighted by molar-refractivity contribution is 0.0605. The van der Waals surface area contributed by atoms with Crippen molar-refractivity contribution in [3.05, 3.63) is 45.8 Å². The van der Waals surface area contributed by atoms with Crippen molar-refractivity contribution in [1.29, 1.82) is 5.26 Å². The zero-order valence-electron chi connectivity index (χ0n) is 14.9. The highest BCUT2D eigenvalue weighted by molar-refractivity contribution is 7.80. The summed E-state index contributed by atoms with van der Waals surface area (Å²) in [6, 6.07) is 8.71. The number of amides is 1. The average Bonchev–Trinajstić information content (AvgIpc) is 2.96. The Morgan fingerprint density at radius 2 is 2.11 bits per heavy atom. The van der Waals surface area contributed by atoms with Gasteiger partial charge in [0.1, 0.15) is 21.7 Å². The van der Waals surface area contributed by atoms with Gasteiger partial charge in [0.05, 0.1) is 19.3 Å². The summed E-state index contributed by atoms with van der Waals surface area (Å²) in [5.74, 6) is -0.383. The molecular formula is C18H17N3O4S2. The van der Waals surface area contributed by atoms with E-state index in [2.05, 4.69) is 10.6 Å². The molecule has 0 fully saturated rings. The molecule has 1 amide bonds. The summed E-state index contributed by atoms with van der Waals surface area (Å²) in [5, 5.41) is 15.1. The molecule has 2 rings (SSSR count). The van der Waals surface area contributed by atoms with Crippen LogP contribution in [0.15, 0.2) is 24.3 Å². The Morgan fingerprint density at radius 3 is 2.74 bits per heavy atom. The molecule has 2 aromatic rings. The number of rotatable bonds is 5. The van der Waals surface area contributed by atoms with Crippen LogP contribution in [0.3, 0.4) is 0 Å². The van der Waals surface area contributed by atoms with E-state index >= 15 is 0 Å². The molecule has 1 heterocycles. The third-order valence-corrected chi connectivity index (χ3v) is 4.88. The minimum Gasteiger partial charge on any atom is -0.494 e. The summed E-state index contributed by atoms with van der Waals surface area (Å²) < 4.78 is 10.1. The van der Waals surface area contributed by atoms with E-state index in [1.165, 1.54) is 7.11 Å². The Hall–Kier alpha value is -2.96. The van der Waals surface area contributed by atoms with Crippen molar-refractivity contribution < 1.29 is 19.1 Å². The molecule has 0 saturated heterocycles. The molecule has 1 aromatic carbocycles. The molecule has 0 radical (unpaired) electrons. The highest BCUT2D eigenvalue weighted by Crippen LogP contribution is 2.32. The molecule has 1 aromatic heterocycles. The largest absolute Gasteiger partial charge is 0.494 e. The maximum atomic E-state index is 12.4. The average molecular weight is 403 g/mol. The lowest BCUT2D eigenvalue weighted by atomic mass is 10.2. The van der Waals surface area contributed by atoms with Crippen LogP contribution < -0.4 is 15.4 Å². The van der Waals surface area contributed by atoms with Crippen LogP contribution in [0.2, 0.25) is 0 Å². The van der Waals surface area contributed by atoms with Crippen molar-refractivity contribution in [3.8, 4) is 11.8 Å². The maximum Gasteiger partial charge on any atom is 0.348 e. The van der Waals surface area contributed by atoms with Crippen LogP contribution in [0.25, 0.3) is 0 Å². The highest BCUT2D eigenvalue weighted by atomic mass is 32.1. The van der Waals surface area contributed by atoms with E-state index in [9.17, 15) is 14.9 Å². The van der Waals surface area contributed by atoms with Gasteiger partial charge in [0, 0.05) is 5.56 Å². The monoisotopic (exact) mass is 403 g/mol. The minimum absolute atomic E-state index is 0.0102. The number of nitrogens with one attached hydrogen (secondary N) is 2. The van der Waals surface area contributed by atoms with Crippen LogP contribution in [0, 0.1) is 18.3 Å². The van der Waals surface area contributed by atoms with Crippen molar-refractivity contribution in [2.24, 2.45) is 0 Å². The van der Waals surface area contributed by atoms with E-state index in [-0.39, 0.29) is 10.7 Å².